The summed E-state index contributed by atoms with van der Waals surface area (Å²) in [5, 5.41) is 17.3. The first-order chi connectivity index (χ1) is 20.7. The minimum absolute atomic E-state index is 0.387. The highest BCUT2D eigenvalue weighted by molar-refractivity contribution is 6.03. The number of carbonyl (C=O) groups excluding carboxylic acids is 2. The SMILES string of the molecule is O=C(Nc1ccccc1)N(/N=C/c1ccc(/C=N/N(C(=O)Nc2ccccc2)c2ccccc2)cc1)c1ccccc1. The molecule has 42 heavy (non-hydrogen) atoms. The van der Waals surface area contributed by atoms with E-state index in [1.807, 2.05) is 146 Å². The van der Waals surface area contributed by atoms with Crippen LogP contribution in [0.15, 0.2) is 156 Å². The van der Waals surface area contributed by atoms with E-state index < -0.39 is 0 Å². The number of benzene rings is 5. The molecule has 0 atom stereocenters. The molecule has 206 valence electrons. The van der Waals surface area contributed by atoms with E-state index in [9.17, 15) is 9.59 Å². The number of rotatable bonds is 8. The molecule has 5 rings (SSSR count). The predicted octanol–water partition coefficient (Wildman–Crippen LogP) is 7.83. The number of hydrazone groups is 2. The fourth-order valence-electron chi connectivity index (χ4n) is 3.92. The third-order valence-electron chi connectivity index (χ3n) is 6.02. The smallest absolute Gasteiger partial charge is 0.306 e. The molecule has 5 aromatic rings. The van der Waals surface area contributed by atoms with E-state index in [0.717, 1.165) is 11.1 Å². The Bertz CT molecular complexity index is 1520. The molecule has 0 aliphatic heterocycles. The Hall–Kier alpha value is -6.02. The lowest BCUT2D eigenvalue weighted by molar-refractivity contribution is 0.256. The molecule has 0 fully saturated rings. The van der Waals surface area contributed by atoms with Crippen molar-refractivity contribution in [1.29, 1.82) is 0 Å². The van der Waals surface area contributed by atoms with Gasteiger partial charge < -0.3 is 10.6 Å². The van der Waals surface area contributed by atoms with Gasteiger partial charge in [0.05, 0.1) is 23.8 Å². The molecule has 0 bridgehead atoms. The quantitative estimate of drug-likeness (QED) is 0.152. The number of amides is 4. The van der Waals surface area contributed by atoms with Crippen LogP contribution in [0.4, 0.5) is 32.3 Å². The summed E-state index contributed by atoms with van der Waals surface area (Å²) in [7, 11) is 0. The fourth-order valence-corrected chi connectivity index (χ4v) is 3.92. The van der Waals surface area contributed by atoms with Gasteiger partial charge in [-0.2, -0.15) is 20.2 Å². The van der Waals surface area contributed by atoms with Gasteiger partial charge in [0, 0.05) is 11.4 Å². The lowest BCUT2D eigenvalue weighted by Gasteiger charge is -2.18. The van der Waals surface area contributed by atoms with Gasteiger partial charge in [0.15, 0.2) is 0 Å². The van der Waals surface area contributed by atoms with Crippen LogP contribution in [0.5, 0.6) is 0 Å². The van der Waals surface area contributed by atoms with Gasteiger partial charge in [-0.3, -0.25) is 0 Å². The summed E-state index contributed by atoms with van der Waals surface area (Å²) < 4.78 is 0. The van der Waals surface area contributed by atoms with E-state index in [0.29, 0.717) is 22.7 Å². The topological polar surface area (TPSA) is 89.4 Å². The van der Waals surface area contributed by atoms with Gasteiger partial charge in [0.2, 0.25) is 0 Å². The van der Waals surface area contributed by atoms with Gasteiger partial charge in [-0.25, -0.2) is 9.59 Å². The molecule has 0 aliphatic rings. The van der Waals surface area contributed by atoms with Gasteiger partial charge in [0.1, 0.15) is 0 Å². The first-order valence-electron chi connectivity index (χ1n) is 13.3. The summed E-state index contributed by atoms with van der Waals surface area (Å²) in [6, 6.07) is 43.5. The fraction of sp³-hybridized carbons (Fsp3) is 0. The van der Waals surface area contributed by atoms with Gasteiger partial charge >= 0.3 is 12.1 Å². The van der Waals surface area contributed by atoms with E-state index in [-0.39, 0.29) is 12.1 Å². The molecule has 0 radical (unpaired) electrons. The third kappa shape index (κ3) is 7.55. The second-order valence-corrected chi connectivity index (χ2v) is 9.04. The zero-order valence-electron chi connectivity index (χ0n) is 22.6. The monoisotopic (exact) mass is 552 g/mol. The van der Waals surface area contributed by atoms with Crippen LogP contribution in [-0.4, -0.2) is 24.5 Å². The van der Waals surface area contributed by atoms with Crippen molar-refractivity contribution in [2.75, 3.05) is 20.7 Å². The lowest BCUT2D eigenvalue weighted by atomic mass is 10.2. The second-order valence-electron chi connectivity index (χ2n) is 9.04. The lowest BCUT2D eigenvalue weighted by Crippen LogP contribution is -2.30. The molecule has 8 heteroatoms. The first-order valence-corrected chi connectivity index (χ1v) is 13.3. The number of hydrogen-bond donors (Lipinski definition) is 2. The highest BCUT2D eigenvalue weighted by atomic mass is 16.2. The van der Waals surface area contributed by atoms with Gasteiger partial charge in [0.25, 0.3) is 0 Å². The maximum absolute atomic E-state index is 13.1. The first kappa shape index (κ1) is 27.5. The summed E-state index contributed by atoms with van der Waals surface area (Å²) in [6.07, 6.45) is 3.23. The normalized spacial score (nSPS) is 10.9. The van der Waals surface area contributed by atoms with Crippen molar-refractivity contribution < 1.29 is 9.59 Å². The minimum Gasteiger partial charge on any atom is -0.306 e. The molecule has 5 aromatic carbocycles. The number of urea groups is 2. The molecule has 8 nitrogen and oxygen atoms in total. The number of nitrogens with one attached hydrogen (secondary N) is 2. The van der Waals surface area contributed by atoms with Crippen LogP contribution in [0.1, 0.15) is 11.1 Å². The van der Waals surface area contributed by atoms with Crippen molar-refractivity contribution in [1.82, 2.24) is 0 Å². The van der Waals surface area contributed by atoms with E-state index >= 15 is 0 Å². The van der Waals surface area contributed by atoms with Crippen molar-refractivity contribution in [3.63, 3.8) is 0 Å². The molecule has 0 spiro atoms. The summed E-state index contributed by atoms with van der Waals surface area (Å²) in [4.78, 5) is 26.1. The van der Waals surface area contributed by atoms with Crippen LogP contribution in [0.2, 0.25) is 0 Å². The average molecular weight is 553 g/mol. The minimum atomic E-state index is -0.387. The van der Waals surface area contributed by atoms with E-state index in [1.165, 1.54) is 10.0 Å². The molecule has 0 saturated heterocycles. The van der Waals surface area contributed by atoms with Crippen molar-refractivity contribution in [3.8, 4) is 0 Å². The van der Waals surface area contributed by atoms with Crippen LogP contribution in [0.3, 0.4) is 0 Å². The third-order valence-corrected chi connectivity index (χ3v) is 6.02. The zero-order chi connectivity index (χ0) is 29.0. The molecule has 0 heterocycles. The Balaban J connectivity index is 1.31. The van der Waals surface area contributed by atoms with Crippen LogP contribution in [-0.2, 0) is 0 Å². The second kappa shape index (κ2) is 13.9. The van der Waals surface area contributed by atoms with Crippen LogP contribution in [0.25, 0.3) is 0 Å². The highest BCUT2D eigenvalue weighted by Crippen LogP contribution is 2.18. The van der Waals surface area contributed by atoms with Crippen molar-refractivity contribution >= 4 is 47.2 Å². The number of hydrogen-bond acceptors (Lipinski definition) is 4. The summed E-state index contributed by atoms with van der Waals surface area (Å²) in [6.45, 7) is 0. The molecule has 2 N–H and O–H groups in total. The average Bonchev–Trinajstić information content (AvgIpc) is 3.04. The van der Waals surface area contributed by atoms with Crippen LogP contribution >= 0.6 is 0 Å². The Morgan fingerprint density at radius 1 is 0.452 bits per heavy atom. The number of para-hydroxylation sites is 4. The van der Waals surface area contributed by atoms with Crippen molar-refractivity contribution in [2.24, 2.45) is 10.2 Å². The Kier molecular flexibility index (Phi) is 9.09. The van der Waals surface area contributed by atoms with Gasteiger partial charge in [-0.1, -0.05) is 97.1 Å². The van der Waals surface area contributed by atoms with Gasteiger partial charge in [-0.05, 0) is 59.7 Å². The Morgan fingerprint density at radius 3 is 1.10 bits per heavy atom. The van der Waals surface area contributed by atoms with Crippen LogP contribution in [0, 0.1) is 0 Å². The number of anilines is 4. The number of nitrogens with zero attached hydrogens (tertiary/aromatic N) is 4. The zero-order valence-corrected chi connectivity index (χ0v) is 22.6. The van der Waals surface area contributed by atoms with Crippen molar-refractivity contribution in [3.05, 3.63) is 157 Å². The Morgan fingerprint density at radius 2 is 0.762 bits per heavy atom. The molecular formula is C34H28N6O2. The maximum atomic E-state index is 13.1. The molecular weight excluding hydrogens is 524 g/mol. The largest absolute Gasteiger partial charge is 0.347 e. The Labute approximate surface area is 244 Å². The molecule has 4 amide bonds. The molecule has 0 aliphatic carbocycles. The summed E-state index contributed by atoms with van der Waals surface area (Å²) >= 11 is 0. The summed E-state index contributed by atoms with van der Waals surface area (Å²) in [5.74, 6) is 0. The van der Waals surface area contributed by atoms with Crippen molar-refractivity contribution in [2.45, 2.75) is 0 Å². The standard InChI is InChI=1S/C34H28N6O2/c41-33(37-29-13-5-1-6-14-29)39(31-17-9-3-10-18-31)35-25-27-21-23-28(24-22-27)26-36-40(32-19-11-4-12-20-32)34(42)38-30-15-7-2-8-16-30/h1-26H,(H,37,41)(H,38,42)/b35-25+,36-26+. The highest BCUT2D eigenvalue weighted by Gasteiger charge is 2.16. The molecule has 0 unspecified atom stereocenters. The molecule has 0 saturated carbocycles. The number of carbonyl (C=O) groups is 2. The molecule has 0 aromatic heterocycles. The van der Waals surface area contributed by atoms with E-state index in [1.54, 1.807) is 12.4 Å². The van der Waals surface area contributed by atoms with E-state index in [4.69, 9.17) is 0 Å². The summed E-state index contributed by atoms with van der Waals surface area (Å²) in [5.41, 5.74) is 4.15. The predicted molar refractivity (Wildman–Crippen MR) is 170 cm³/mol. The maximum Gasteiger partial charge on any atom is 0.347 e. The van der Waals surface area contributed by atoms with Gasteiger partial charge in [-0.15, -0.1) is 0 Å². The van der Waals surface area contributed by atoms with E-state index in [2.05, 4.69) is 20.8 Å². The van der Waals surface area contributed by atoms with Crippen LogP contribution < -0.4 is 20.7 Å².